The molecule has 26 heavy (non-hydrogen) atoms. The van der Waals surface area contributed by atoms with Gasteiger partial charge < -0.3 is 15.4 Å². The number of amides is 1. The fourth-order valence-corrected chi connectivity index (χ4v) is 3.19. The molecule has 0 radical (unpaired) electrons. The second-order valence-electron chi connectivity index (χ2n) is 8.04. The van der Waals surface area contributed by atoms with Crippen LogP contribution in [-0.4, -0.2) is 36.2 Å². The van der Waals surface area contributed by atoms with E-state index in [2.05, 4.69) is 0 Å². The maximum absolute atomic E-state index is 12.7. The van der Waals surface area contributed by atoms with E-state index in [0.29, 0.717) is 38.9 Å². The Labute approximate surface area is 152 Å². The number of piperidine rings is 1. The van der Waals surface area contributed by atoms with Crippen molar-refractivity contribution in [3.05, 3.63) is 35.4 Å². The van der Waals surface area contributed by atoms with Crippen LogP contribution in [0.3, 0.4) is 0 Å². The highest BCUT2D eigenvalue weighted by Gasteiger charge is 2.36. The first-order chi connectivity index (χ1) is 11.9. The van der Waals surface area contributed by atoms with Crippen molar-refractivity contribution in [3.8, 4) is 0 Å². The predicted molar refractivity (Wildman–Crippen MR) is 93.7 cm³/mol. The molecular weight excluding hydrogens is 345 g/mol. The number of carbonyl (C=O) groups is 1. The average Bonchev–Trinajstić information content (AvgIpc) is 2.53. The third kappa shape index (κ3) is 5.37. The summed E-state index contributed by atoms with van der Waals surface area (Å²) in [5.74, 6) is 0. The quantitative estimate of drug-likeness (QED) is 0.864. The molecule has 0 aromatic heterocycles. The normalized spacial score (nSPS) is 17.9. The first kappa shape index (κ1) is 20.6. The summed E-state index contributed by atoms with van der Waals surface area (Å²) in [6, 6.07) is 5.24. The second kappa shape index (κ2) is 7.47. The summed E-state index contributed by atoms with van der Waals surface area (Å²) in [6.07, 6.45) is -2.67. The Bertz CT molecular complexity index is 613. The Morgan fingerprint density at radius 1 is 1.15 bits per heavy atom. The first-order valence-electron chi connectivity index (χ1n) is 8.78. The zero-order valence-electron chi connectivity index (χ0n) is 15.5. The van der Waals surface area contributed by atoms with Gasteiger partial charge in [0.1, 0.15) is 5.60 Å². The number of nitrogens with two attached hydrogens (primary N) is 1. The number of ether oxygens (including phenoxy) is 1. The van der Waals surface area contributed by atoms with Crippen molar-refractivity contribution in [3.63, 3.8) is 0 Å². The van der Waals surface area contributed by atoms with Crippen molar-refractivity contribution in [2.45, 2.75) is 51.8 Å². The van der Waals surface area contributed by atoms with E-state index in [4.69, 9.17) is 10.5 Å². The molecule has 2 rings (SSSR count). The van der Waals surface area contributed by atoms with Crippen LogP contribution in [-0.2, 0) is 17.3 Å². The lowest BCUT2D eigenvalue weighted by Gasteiger charge is -2.41. The molecule has 1 heterocycles. The van der Waals surface area contributed by atoms with Crippen molar-refractivity contribution in [1.82, 2.24) is 4.90 Å². The van der Waals surface area contributed by atoms with E-state index >= 15 is 0 Å². The van der Waals surface area contributed by atoms with Gasteiger partial charge in [0, 0.05) is 13.1 Å². The minimum Gasteiger partial charge on any atom is -0.444 e. The Morgan fingerprint density at radius 2 is 1.69 bits per heavy atom. The number of alkyl halides is 3. The van der Waals surface area contributed by atoms with Gasteiger partial charge in [0.2, 0.25) is 0 Å². The van der Waals surface area contributed by atoms with Gasteiger partial charge in [-0.25, -0.2) is 4.79 Å². The maximum atomic E-state index is 12.7. The number of hydrogen-bond donors (Lipinski definition) is 1. The van der Waals surface area contributed by atoms with Gasteiger partial charge in [0.25, 0.3) is 0 Å². The molecule has 1 amide bonds. The van der Waals surface area contributed by atoms with Gasteiger partial charge in [-0.2, -0.15) is 13.2 Å². The summed E-state index contributed by atoms with van der Waals surface area (Å²) < 4.78 is 43.5. The number of hydrogen-bond acceptors (Lipinski definition) is 3. The van der Waals surface area contributed by atoms with Gasteiger partial charge in [-0.15, -0.1) is 0 Å². The largest absolute Gasteiger partial charge is 0.444 e. The van der Waals surface area contributed by atoms with Gasteiger partial charge in [-0.1, -0.05) is 12.1 Å². The number of halogens is 3. The molecule has 0 bridgehead atoms. The molecule has 1 saturated heterocycles. The molecule has 146 valence electrons. The highest BCUT2D eigenvalue weighted by Crippen LogP contribution is 2.36. The van der Waals surface area contributed by atoms with Gasteiger partial charge in [-0.05, 0) is 69.7 Å². The standard InChI is InChI=1S/C19H27F3N2O2/c1-17(2,3)26-16(25)24-10-8-18(13-23,9-11-24)12-14-4-6-15(7-5-14)19(20,21)22/h4-7H,8-13,23H2,1-3H3. The van der Waals surface area contributed by atoms with Crippen LogP contribution in [0.4, 0.5) is 18.0 Å². The minimum absolute atomic E-state index is 0.210. The summed E-state index contributed by atoms with van der Waals surface area (Å²) in [5, 5.41) is 0. The average molecular weight is 372 g/mol. The summed E-state index contributed by atoms with van der Waals surface area (Å²) in [4.78, 5) is 13.8. The van der Waals surface area contributed by atoms with E-state index in [1.807, 2.05) is 20.8 Å². The van der Waals surface area contributed by atoms with Crippen molar-refractivity contribution in [1.29, 1.82) is 0 Å². The highest BCUT2D eigenvalue weighted by atomic mass is 19.4. The summed E-state index contributed by atoms with van der Waals surface area (Å²) in [5.41, 5.74) is 5.42. The molecule has 0 aliphatic carbocycles. The molecule has 7 heteroatoms. The lowest BCUT2D eigenvalue weighted by molar-refractivity contribution is -0.137. The van der Waals surface area contributed by atoms with Crippen LogP contribution in [0.25, 0.3) is 0 Å². The van der Waals surface area contributed by atoms with Crippen molar-refractivity contribution >= 4 is 6.09 Å². The van der Waals surface area contributed by atoms with E-state index in [-0.39, 0.29) is 11.5 Å². The lowest BCUT2D eigenvalue weighted by Crippen LogP contribution is -2.48. The van der Waals surface area contributed by atoms with E-state index in [1.54, 1.807) is 4.90 Å². The molecule has 1 fully saturated rings. The Kier molecular flexibility index (Phi) is 5.90. The minimum atomic E-state index is -4.33. The van der Waals surface area contributed by atoms with Crippen molar-refractivity contribution < 1.29 is 22.7 Å². The van der Waals surface area contributed by atoms with Crippen LogP contribution >= 0.6 is 0 Å². The second-order valence-corrected chi connectivity index (χ2v) is 8.04. The van der Waals surface area contributed by atoms with Crippen LogP contribution in [0.2, 0.25) is 0 Å². The molecule has 0 atom stereocenters. The van der Waals surface area contributed by atoms with E-state index in [9.17, 15) is 18.0 Å². The van der Waals surface area contributed by atoms with Crippen LogP contribution in [0.5, 0.6) is 0 Å². The van der Waals surface area contributed by atoms with E-state index in [1.165, 1.54) is 12.1 Å². The third-order valence-electron chi connectivity index (χ3n) is 4.77. The number of nitrogens with zero attached hydrogens (tertiary/aromatic N) is 1. The van der Waals surface area contributed by atoms with Gasteiger partial charge in [0.15, 0.2) is 0 Å². The molecule has 0 spiro atoms. The molecule has 1 aliphatic rings. The Morgan fingerprint density at radius 3 is 2.12 bits per heavy atom. The van der Waals surface area contributed by atoms with E-state index < -0.39 is 17.3 Å². The summed E-state index contributed by atoms with van der Waals surface area (Å²) in [6.45, 7) is 6.96. The highest BCUT2D eigenvalue weighted by molar-refractivity contribution is 5.68. The number of benzene rings is 1. The fourth-order valence-electron chi connectivity index (χ4n) is 3.19. The molecular formula is C19H27F3N2O2. The van der Waals surface area contributed by atoms with Crippen LogP contribution in [0.1, 0.15) is 44.7 Å². The third-order valence-corrected chi connectivity index (χ3v) is 4.77. The predicted octanol–water partition coefficient (Wildman–Crippen LogP) is 4.22. The summed E-state index contributed by atoms with van der Waals surface area (Å²) >= 11 is 0. The molecule has 4 nitrogen and oxygen atoms in total. The Hall–Kier alpha value is -1.76. The first-order valence-corrected chi connectivity index (χ1v) is 8.78. The molecule has 1 aromatic rings. The zero-order chi connectivity index (χ0) is 19.6. The maximum Gasteiger partial charge on any atom is 0.416 e. The van der Waals surface area contributed by atoms with Gasteiger partial charge in [-0.3, -0.25) is 0 Å². The number of likely N-dealkylation sites (tertiary alicyclic amines) is 1. The molecule has 1 aromatic carbocycles. The SMILES string of the molecule is CC(C)(C)OC(=O)N1CCC(CN)(Cc2ccc(C(F)(F)F)cc2)CC1. The number of rotatable bonds is 3. The Balaban J connectivity index is 2.00. The summed E-state index contributed by atoms with van der Waals surface area (Å²) in [7, 11) is 0. The van der Waals surface area contributed by atoms with Crippen LogP contribution in [0, 0.1) is 5.41 Å². The van der Waals surface area contributed by atoms with Crippen LogP contribution < -0.4 is 5.73 Å². The van der Waals surface area contributed by atoms with Gasteiger partial charge in [0.05, 0.1) is 5.56 Å². The zero-order valence-corrected chi connectivity index (χ0v) is 15.5. The molecule has 1 aliphatic heterocycles. The molecule has 0 saturated carbocycles. The van der Waals surface area contributed by atoms with E-state index in [0.717, 1.165) is 17.7 Å². The fraction of sp³-hybridized carbons (Fsp3) is 0.632. The number of carbonyl (C=O) groups excluding carboxylic acids is 1. The molecule has 2 N–H and O–H groups in total. The van der Waals surface area contributed by atoms with Crippen LogP contribution in [0.15, 0.2) is 24.3 Å². The smallest absolute Gasteiger partial charge is 0.416 e. The topological polar surface area (TPSA) is 55.6 Å². The van der Waals surface area contributed by atoms with Crippen molar-refractivity contribution in [2.75, 3.05) is 19.6 Å². The lowest BCUT2D eigenvalue weighted by atomic mass is 9.74. The van der Waals surface area contributed by atoms with Crippen molar-refractivity contribution in [2.24, 2.45) is 11.1 Å². The monoisotopic (exact) mass is 372 g/mol. The van der Waals surface area contributed by atoms with Gasteiger partial charge >= 0.3 is 12.3 Å². The molecule has 0 unspecified atom stereocenters.